The lowest BCUT2D eigenvalue weighted by atomic mass is 9.72. The summed E-state index contributed by atoms with van der Waals surface area (Å²) in [5, 5.41) is 25.3. The zero-order valence-electron chi connectivity index (χ0n) is 28.9. The molecule has 55 heavy (non-hydrogen) atoms. The van der Waals surface area contributed by atoms with Crippen LogP contribution in [0.2, 0.25) is 0 Å². The SMILES string of the molecule is COc1cccc(OC)c1C(=O)Nc1cc(C(c2ccc(O)c(NC(=O)c3ccc(Oc4ccc(C(C)=O)cc4)cc3)c2)(C(F)(F)F)C(F)(F)F)ccc1O. The first-order valence-corrected chi connectivity index (χ1v) is 15.9. The molecule has 0 aliphatic rings. The van der Waals surface area contributed by atoms with Crippen molar-refractivity contribution in [1.29, 1.82) is 0 Å². The molecule has 2 amide bonds. The lowest BCUT2D eigenvalue weighted by Gasteiger charge is -2.38. The highest BCUT2D eigenvalue weighted by atomic mass is 19.4. The summed E-state index contributed by atoms with van der Waals surface area (Å²) in [4.78, 5) is 37.9. The molecule has 0 atom stereocenters. The van der Waals surface area contributed by atoms with E-state index in [2.05, 4.69) is 10.6 Å². The Labute approximate surface area is 308 Å². The van der Waals surface area contributed by atoms with E-state index < -0.39 is 63.6 Å². The fourth-order valence-corrected chi connectivity index (χ4v) is 5.74. The van der Waals surface area contributed by atoms with E-state index in [-0.39, 0.29) is 34.2 Å². The second-order valence-corrected chi connectivity index (χ2v) is 11.9. The van der Waals surface area contributed by atoms with E-state index in [1.807, 2.05) is 0 Å². The molecule has 0 bridgehead atoms. The fourth-order valence-electron chi connectivity index (χ4n) is 5.74. The van der Waals surface area contributed by atoms with Crippen molar-refractivity contribution in [2.45, 2.75) is 24.7 Å². The number of amides is 2. The lowest BCUT2D eigenvalue weighted by molar-refractivity contribution is -0.288. The Morgan fingerprint density at radius 2 is 1.00 bits per heavy atom. The molecule has 0 radical (unpaired) electrons. The molecular formula is C39H30F6N2O8. The molecule has 0 saturated carbocycles. The smallest absolute Gasteiger partial charge is 0.411 e. The van der Waals surface area contributed by atoms with Crippen LogP contribution in [0.4, 0.5) is 37.7 Å². The second kappa shape index (κ2) is 15.3. The molecule has 4 N–H and O–H groups in total. The van der Waals surface area contributed by atoms with Crippen LogP contribution < -0.4 is 24.8 Å². The molecular weight excluding hydrogens is 738 g/mol. The molecule has 0 aliphatic carbocycles. The van der Waals surface area contributed by atoms with Crippen molar-refractivity contribution in [1.82, 2.24) is 0 Å². The van der Waals surface area contributed by atoms with Gasteiger partial charge in [0.15, 0.2) is 5.78 Å². The summed E-state index contributed by atoms with van der Waals surface area (Å²) in [7, 11) is 2.43. The molecule has 10 nitrogen and oxygen atoms in total. The number of anilines is 2. The molecule has 5 aromatic carbocycles. The number of rotatable bonds is 11. The molecule has 16 heteroatoms. The van der Waals surface area contributed by atoms with Gasteiger partial charge in [-0.05, 0) is 103 Å². The Morgan fingerprint density at radius 3 is 1.40 bits per heavy atom. The van der Waals surface area contributed by atoms with Crippen LogP contribution in [0.15, 0.2) is 103 Å². The number of halogens is 6. The minimum Gasteiger partial charge on any atom is -0.506 e. The highest BCUT2D eigenvalue weighted by Crippen LogP contribution is 2.57. The van der Waals surface area contributed by atoms with Gasteiger partial charge in [-0.1, -0.05) is 18.2 Å². The van der Waals surface area contributed by atoms with E-state index >= 15 is 26.3 Å². The number of nitrogens with one attached hydrogen (secondary N) is 2. The molecule has 0 aliphatic heterocycles. The third kappa shape index (κ3) is 7.83. The molecule has 0 heterocycles. The van der Waals surface area contributed by atoms with Crippen LogP contribution in [-0.2, 0) is 5.41 Å². The highest BCUT2D eigenvalue weighted by Gasteiger charge is 2.72. The predicted molar refractivity (Wildman–Crippen MR) is 188 cm³/mol. The Kier molecular flexibility index (Phi) is 11.0. The molecule has 0 spiro atoms. The number of phenols is 2. The van der Waals surface area contributed by atoms with Gasteiger partial charge in [-0.3, -0.25) is 14.4 Å². The maximum Gasteiger partial charge on any atom is 0.411 e. The van der Waals surface area contributed by atoms with Crippen molar-refractivity contribution in [3.05, 3.63) is 131 Å². The van der Waals surface area contributed by atoms with Crippen LogP contribution in [0.1, 0.15) is 49.1 Å². The number of phenolic OH excluding ortho intramolecular Hbond substituents is 2. The zero-order chi connectivity index (χ0) is 40.3. The summed E-state index contributed by atoms with van der Waals surface area (Å²) >= 11 is 0. The number of benzene rings is 5. The van der Waals surface area contributed by atoms with Crippen molar-refractivity contribution in [2.24, 2.45) is 0 Å². The minimum atomic E-state index is -6.13. The maximum absolute atomic E-state index is 15.1. The van der Waals surface area contributed by atoms with Gasteiger partial charge in [-0.2, -0.15) is 26.3 Å². The van der Waals surface area contributed by atoms with Crippen LogP contribution in [0.25, 0.3) is 0 Å². The number of ether oxygens (including phenoxy) is 3. The summed E-state index contributed by atoms with van der Waals surface area (Å²) in [6.07, 6.45) is -12.3. The minimum absolute atomic E-state index is 0.0485. The number of aromatic hydroxyl groups is 2. The van der Waals surface area contributed by atoms with E-state index in [1.54, 1.807) is 24.3 Å². The molecule has 286 valence electrons. The summed E-state index contributed by atoms with van der Waals surface area (Å²) in [6.45, 7) is 1.40. The third-order valence-electron chi connectivity index (χ3n) is 8.47. The average Bonchev–Trinajstić information content (AvgIpc) is 3.13. The summed E-state index contributed by atoms with van der Waals surface area (Å²) in [5.74, 6) is -3.45. The number of ketones is 1. The highest BCUT2D eigenvalue weighted by molar-refractivity contribution is 6.09. The summed E-state index contributed by atoms with van der Waals surface area (Å²) in [5.41, 5.74) is -9.29. The van der Waals surface area contributed by atoms with Crippen molar-refractivity contribution < 1.29 is 65.1 Å². The largest absolute Gasteiger partial charge is 0.506 e. The molecule has 0 saturated heterocycles. The van der Waals surface area contributed by atoms with E-state index in [9.17, 15) is 24.6 Å². The summed E-state index contributed by atoms with van der Waals surface area (Å²) < 4.78 is 107. The monoisotopic (exact) mass is 768 g/mol. The fraction of sp³-hybridized carbons (Fsp3) is 0.154. The van der Waals surface area contributed by atoms with Gasteiger partial charge >= 0.3 is 12.4 Å². The van der Waals surface area contributed by atoms with E-state index in [4.69, 9.17) is 14.2 Å². The number of carbonyl (C=O) groups is 3. The Balaban J connectivity index is 1.50. The second-order valence-electron chi connectivity index (χ2n) is 11.9. The Bertz CT molecular complexity index is 2200. The normalized spacial score (nSPS) is 11.7. The Morgan fingerprint density at radius 1 is 0.582 bits per heavy atom. The first-order chi connectivity index (χ1) is 25.9. The van der Waals surface area contributed by atoms with Gasteiger partial charge in [0.1, 0.15) is 40.1 Å². The van der Waals surface area contributed by atoms with E-state index in [0.717, 1.165) is 0 Å². The predicted octanol–water partition coefficient (Wildman–Crippen LogP) is 9.03. The number of methoxy groups -OCH3 is 2. The average molecular weight is 769 g/mol. The van der Waals surface area contributed by atoms with Crippen molar-refractivity contribution in [2.75, 3.05) is 24.9 Å². The molecule has 5 aromatic rings. The number of alkyl halides is 6. The summed E-state index contributed by atoms with van der Waals surface area (Å²) in [6, 6.07) is 18.2. The van der Waals surface area contributed by atoms with Gasteiger partial charge in [0.05, 0.1) is 25.6 Å². The van der Waals surface area contributed by atoms with Crippen molar-refractivity contribution >= 4 is 29.0 Å². The maximum atomic E-state index is 15.1. The number of Topliss-reactive ketones (excluding diaryl/α,β-unsaturated/α-hetero) is 1. The van der Waals surface area contributed by atoms with Gasteiger partial charge in [-0.25, -0.2) is 0 Å². The van der Waals surface area contributed by atoms with E-state index in [0.29, 0.717) is 47.7 Å². The number of hydrogen-bond donors (Lipinski definition) is 4. The number of hydrogen-bond acceptors (Lipinski definition) is 8. The van der Waals surface area contributed by atoms with Crippen molar-refractivity contribution in [3.63, 3.8) is 0 Å². The quantitative estimate of drug-likeness (QED) is 0.0593. The topological polar surface area (TPSA) is 143 Å². The van der Waals surface area contributed by atoms with Gasteiger partial charge in [0.25, 0.3) is 11.8 Å². The lowest BCUT2D eigenvalue weighted by Crippen LogP contribution is -2.54. The van der Waals surface area contributed by atoms with E-state index in [1.165, 1.54) is 63.6 Å². The number of carbonyl (C=O) groups excluding carboxylic acids is 3. The van der Waals surface area contributed by atoms with Crippen LogP contribution in [0, 0.1) is 0 Å². The van der Waals surface area contributed by atoms with Crippen molar-refractivity contribution in [3.8, 4) is 34.5 Å². The standard InChI is InChI=1S/C39H30F6N2O8/c1-21(48)22-7-13-26(14-8-22)55-27-15-9-23(10-16-27)35(51)46-28-19-24(11-17-30(28)49)37(38(40,41)42,39(43,44)45)25-12-18-31(50)29(20-25)47-36(52)34-32(53-2)5-4-6-33(34)54-3/h4-20,49-50H,1-3H3,(H,46,51)(H,47,52). The third-order valence-corrected chi connectivity index (χ3v) is 8.47. The molecule has 0 unspecified atom stereocenters. The van der Waals surface area contributed by atoms with Gasteiger partial charge in [0, 0.05) is 11.1 Å². The van der Waals surface area contributed by atoms with Gasteiger partial charge in [-0.15, -0.1) is 0 Å². The molecule has 0 fully saturated rings. The van der Waals surface area contributed by atoms with Crippen LogP contribution in [-0.4, -0.2) is 54.4 Å². The van der Waals surface area contributed by atoms with Crippen LogP contribution in [0.3, 0.4) is 0 Å². The van der Waals surface area contributed by atoms with Gasteiger partial charge < -0.3 is 35.1 Å². The molecule has 0 aromatic heterocycles. The molecule has 5 rings (SSSR count). The Hall–Kier alpha value is -6.71. The van der Waals surface area contributed by atoms with Crippen LogP contribution in [0.5, 0.6) is 34.5 Å². The zero-order valence-corrected chi connectivity index (χ0v) is 28.9. The van der Waals surface area contributed by atoms with Gasteiger partial charge in [0.2, 0.25) is 5.41 Å². The van der Waals surface area contributed by atoms with Crippen LogP contribution >= 0.6 is 0 Å². The first kappa shape index (κ1) is 39.5. The first-order valence-electron chi connectivity index (χ1n) is 15.9.